The van der Waals surface area contributed by atoms with E-state index in [0.29, 0.717) is 16.3 Å². The molecule has 0 aliphatic carbocycles. The van der Waals surface area contributed by atoms with Crippen LogP contribution in [0.15, 0.2) is 35.7 Å². The van der Waals surface area contributed by atoms with Gasteiger partial charge in [-0.3, -0.25) is 9.59 Å². The Morgan fingerprint density at radius 1 is 1.29 bits per heavy atom. The zero-order valence-corrected chi connectivity index (χ0v) is 14.6. The zero-order chi connectivity index (χ0) is 17.7. The second-order valence-corrected chi connectivity index (χ2v) is 6.54. The van der Waals surface area contributed by atoms with Gasteiger partial charge in [-0.1, -0.05) is 12.1 Å². The summed E-state index contributed by atoms with van der Waals surface area (Å²) in [6.07, 6.45) is 0. The minimum Gasteiger partial charge on any atom is -0.495 e. The molecule has 0 saturated carbocycles. The average Bonchev–Trinajstić information content (AvgIpc) is 3.08. The number of carbonyl (C=O) groups excluding carboxylic acids is 2. The molecular weight excluding hydrogens is 328 g/mol. The largest absolute Gasteiger partial charge is 0.495 e. The maximum atomic E-state index is 12.0. The number of benzene rings is 1. The van der Waals surface area contributed by atoms with E-state index in [-0.39, 0.29) is 6.54 Å². The topological polar surface area (TPSA) is 87.7 Å². The van der Waals surface area contributed by atoms with Crippen LogP contribution in [0.2, 0.25) is 0 Å². The highest BCUT2D eigenvalue weighted by molar-refractivity contribution is 7.10. The SMILES string of the molecule is COc1ccc(C)cc1NC(=O)C(=O)NC[C@@](C)(O)c1cccs1. The van der Waals surface area contributed by atoms with E-state index >= 15 is 0 Å². The van der Waals surface area contributed by atoms with Crippen molar-refractivity contribution in [1.29, 1.82) is 0 Å². The molecule has 0 aliphatic heterocycles. The first kappa shape index (κ1) is 18.0. The van der Waals surface area contributed by atoms with E-state index in [1.807, 2.05) is 24.4 Å². The van der Waals surface area contributed by atoms with Crippen molar-refractivity contribution in [3.8, 4) is 5.75 Å². The molecule has 0 unspecified atom stereocenters. The Balaban J connectivity index is 1.98. The van der Waals surface area contributed by atoms with Gasteiger partial charge in [0.1, 0.15) is 11.4 Å². The van der Waals surface area contributed by atoms with E-state index in [1.54, 1.807) is 25.1 Å². The molecule has 0 radical (unpaired) electrons. The molecule has 128 valence electrons. The maximum Gasteiger partial charge on any atom is 0.313 e. The molecule has 1 atom stereocenters. The first-order valence-electron chi connectivity index (χ1n) is 7.33. The van der Waals surface area contributed by atoms with Gasteiger partial charge in [0, 0.05) is 4.88 Å². The van der Waals surface area contributed by atoms with Gasteiger partial charge in [-0.05, 0) is 43.0 Å². The van der Waals surface area contributed by atoms with Gasteiger partial charge >= 0.3 is 11.8 Å². The number of hydrogen-bond acceptors (Lipinski definition) is 5. The molecule has 2 rings (SSSR count). The van der Waals surface area contributed by atoms with Crippen molar-refractivity contribution < 1.29 is 19.4 Å². The number of amides is 2. The van der Waals surface area contributed by atoms with Crippen molar-refractivity contribution in [3.63, 3.8) is 0 Å². The number of methoxy groups -OCH3 is 1. The zero-order valence-electron chi connectivity index (χ0n) is 13.8. The van der Waals surface area contributed by atoms with Crippen molar-refractivity contribution in [3.05, 3.63) is 46.2 Å². The highest BCUT2D eigenvalue weighted by Gasteiger charge is 2.26. The quantitative estimate of drug-likeness (QED) is 0.722. The second-order valence-electron chi connectivity index (χ2n) is 5.59. The molecule has 0 fully saturated rings. The van der Waals surface area contributed by atoms with Crippen molar-refractivity contribution in [2.45, 2.75) is 19.4 Å². The Morgan fingerprint density at radius 3 is 2.67 bits per heavy atom. The van der Waals surface area contributed by atoms with Gasteiger partial charge in [0.05, 0.1) is 19.3 Å². The lowest BCUT2D eigenvalue weighted by atomic mass is 10.1. The molecular formula is C17H20N2O4S. The number of aryl methyl sites for hydroxylation is 1. The number of ether oxygens (including phenoxy) is 1. The predicted octanol–water partition coefficient (Wildman–Crippen LogP) is 2.03. The normalized spacial score (nSPS) is 13.0. The molecule has 2 amide bonds. The van der Waals surface area contributed by atoms with E-state index in [2.05, 4.69) is 10.6 Å². The smallest absolute Gasteiger partial charge is 0.313 e. The lowest BCUT2D eigenvalue weighted by Gasteiger charge is -2.22. The Morgan fingerprint density at radius 2 is 2.04 bits per heavy atom. The molecule has 0 saturated heterocycles. The van der Waals surface area contributed by atoms with E-state index in [4.69, 9.17) is 4.74 Å². The van der Waals surface area contributed by atoms with Crippen LogP contribution in [0.5, 0.6) is 5.75 Å². The lowest BCUT2D eigenvalue weighted by Crippen LogP contribution is -2.43. The number of aliphatic hydroxyl groups is 1. The van der Waals surface area contributed by atoms with E-state index in [9.17, 15) is 14.7 Å². The highest BCUT2D eigenvalue weighted by atomic mass is 32.1. The summed E-state index contributed by atoms with van der Waals surface area (Å²) in [5.41, 5.74) is 0.111. The molecule has 7 heteroatoms. The summed E-state index contributed by atoms with van der Waals surface area (Å²) in [4.78, 5) is 24.7. The summed E-state index contributed by atoms with van der Waals surface area (Å²) in [5.74, 6) is -1.18. The highest BCUT2D eigenvalue weighted by Crippen LogP contribution is 2.26. The fraction of sp³-hybridized carbons (Fsp3) is 0.294. The first-order chi connectivity index (χ1) is 11.3. The Labute approximate surface area is 144 Å². The van der Waals surface area contributed by atoms with Gasteiger partial charge in [0.15, 0.2) is 0 Å². The molecule has 0 aliphatic rings. The van der Waals surface area contributed by atoms with Crippen LogP contribution in [0.4, 0.5) is 5.69 Å². The van der Waals surface area contributed by atoms with E-state index in [1.165, 1.54) is 18.4 Å². The number of rotatable bonds is 5. The van der Waals surface area contributed by atoms with Gasteiger partial charge < -0.3 is 20.5 Å². The predicted molar refractivity (Wildman–Crippen MR) is 93.3 cm³/mol. The Bertz CT molecular complexity index is 726. The van der Waals surface area contributed by atoms with Gasteiger partial charge in [-0.25, -0.2) is 0 Å². The second kappa shape index (κ2) is 7.46. The molecule has 3 N–H and O–H groups in total. The molecule has 1 heterocycles. The number of hydrogen-bond donors (Lipinski definition) is 3. The standard InChI is InChI=1S/C17H20N2O4S/c1-11-6-7-13(23-3)12(9-11)19-16(21)15(20)18-10-17(2,22)14-5-4-8-24-14/h4-9,22H,10H2,1-3H3,(H,18,20)(H,19,21)/t17-/m1/s1. The van der Waals surface area contributed by atoms with Crippen molar-refractivity contribution in [2.75, 3.05) is 19.0 Å². The molecule has 1 aromatic heterocycles. The van der Waals surface area contributed by atoms with Crippen LogP contribution in [-0.4, -0.2) is 30.6 Å². The first-order valence-corrected chi connectivity index (χ1v) is 8.21. The van der Waals surface area contributed by atoms with Crippen molar-refractivity contribution in [1.82, 2.24) is 5.32 Å². The Hall–Kier alpha value is -2.38. The third-order valence-corrected chi connectivity index (χ3v) is 4.58. The fourth-order valence-electron chi connectivity index (χ4n) is 2.10. The van der Waals surface area contributed by atoms with Crippen LogP contribution in [-0.2, 0) is 15.2 Å². The third-order valence-electron chi connectivity index (χ3n) is 3.45. The molecule has 0 spiro atoms. The molecule has 24 heavy (non-hydrogen) atoms. The van der Waals surface area contributed by atoms with Crippen LogP contribution < -0.4 is 15.4 Å². The van der Waals surface area contributed by atoms with Crippen LogP contribution >= 0.6 is 11.3 Å². The summed E-state index contributed by atoms with van der Waals surface area (Å²) in [6.45, 7) is 3.39. The van der Waals surface area contributed by atoms with Gasteiger partial charge in [-0.2, -0.15) is 0 Å². The minimum absolute atomic E-state index is 0.0648. The lowest BCUT2D eigenvalue weighted by molar-refractivity contribution is -0.136. The number of carbonyl (C=O) groups is 2. The van der Waals surface area contributed by atoms with Gasteiger partial charge in [-0.15, -0.1) is 11.3 Å². The molecule has 0 bridgehead atoms. The minimum atomic E-state index is -1.23. The summed E-state index contributed by atoms with van der Waals surface area (Å²) in [6, 6.07) is 8.85. The number of anilines is 1. The Kier molecular flexibility index (Phi) is 5.58. The summed E-state index contributed by atoms with van der Waals surface area (Å²) >= 11 is 1.38. The number of thiophene rings is 1. The maximum absolute atomic E-state index is 12.0. The molecule has 1 aromatic carbocycles. The van der Waals surface area contributed by atoms with Crippen LogP contribution in [0.25, 0.3) is 0 Å². The van der Waals surface area contributed by atoms with Crippen LogP contribution in [0.1, 0.15) is 17.4 Å². The van der Waals surface area contributed by atoms with Gasteiger partial charge in [0.2, 0.25) is 0 Å². The van der Waals surface area contributed by atoms with Crippen LogP contribution in [0, 0.1) is 6.92 Å². The summed E-state index contributed by atoms with van der Waals surface area (Å²) in [5, 5.41) is 17.2. The average molecular weight is 348 g/mol. The van der Waals surface area contributed by atoms with Crippen molar-refractivity contribution >= 4 is 28.8 Å². The summed E-state index contributed by atoms with van der Waals surface area (Å²) in [7, 11) is 1.48. The van der Waals surface area contributed by atoms with E-state index < -0.39 is 17.4 Å². The molecule has 6 nitrogen and oxygen atoms in total. The fourth-order valence-corrected chi connectivity index (χ4v) is 2.89. The monoisotopic (exact) mass is 348 g/mol. The molecule has 2 aromatic rings. The van der Waals surface area contributed by atoms with Crippen molar-refractivity contribution in [2.24, 2.45) is 0 Å². The van der Waals surface area contributed by atoms with E-state index in [0.717, 1.165) is 5.56 Å². The van der Waals surface area contributed by atoms with Crippen LogP contribution in [0.3, 0.4) is 0 Å². The van der Waals surface area contributed by atoms with Gasteiger partial charge in [0.25, 0.3) is 0 Å². The third kappa shape index (κ3) is 4.33. The number of nitrogens with one attached hydrogen (secondary N) is 2. The summed E-state index contributed by atoms with van der Waals surface area (Å²) < 4.78 is 5.16.